The lowest BCUT2D eigenvalue weighted by molar-refractivity contribution is -0.0123. The predicted molar refractivity (Wildman–Crippen MR) is 42.6 cm³/mol. The molecule has 0 radical (unpaired) electrons. The zero-order valence-corrected chi connectivity index (χ0v) is 6.92. The van der Waals surface area contributed by atoms with Crippen molar-refractivity contribution in [3.05, 3.63) is 12.2 Å². The molecule has 0 aromatic heterocycles. The van der Waals surface area contributed by atoms with Crippen LogP contribution in [0.5, 0.6) is 0 Å². The first-order chi connectivity index (χ1) is 5.70. The maximum absolute atomic E-state index is 9.35. The van der Waals surface area contributed by atoms with Crippen molar-refractivity contribution in [1.82, 2.24) is 0 Å². The molecule has 3 N–H and O–H groups in total. The maximum Gasteiger partial charge on any atom is 0.112 e. The highest BCUT2D eigenvalue weighted by Crippen LogP contribution is 2.21. The second kappa shape index (κ2) is 4.00. The fourth-order valence-electron chi connectivity index (χ4n) is 1.28. The molecule has 1 rings (SSSR count). The summed E-state index contributed by atoms with van der Waals surface area (Å²) in [5.74, 6) is 0. The quantitative estimate of drug-likeness (QED) is 0.472. The number of aliphatic hydroxyl groups excluding tert-OH is 3. The van der Waals surface area contributed by atoms with E-state index in [0.29, 0.717) is 0 Å². The first-order valence-electron chi connectivity index (χ1n) is 3.96. The molecule has 1 heterocycles. The molecule has 0 saturated carbocycles. The van der Waals surface area contributed by atoms with E-state index in [4.69, 9.17) is 9.84 Å². The molecule has 1 aliphatic heterocycles. The maximum atomic E-state index is 9.35. The van der Waals surface area contributed by atoms with Crippen molar-refractivity contribution in [2.75, 3.05) is 6.61 Å². The lowest BCUT2D eigenvalue weighted by Crippen LogP contribution is -2.33. The van der Waals surface area contributed by atoms with Crippen LogP contribution in [0.15, 0.2) is 12.2 Å². The van der Waals surface area contributed by atoms with Gasteiger partial charge in [-0.3, -0.25) is 0 Å². The molecule has 0 aromatic carbocycles. The van der Waals surface area contributed by atoms with Crippen LogP contribution in [0, 0.1) is 0 Å². The average Bonchev–Trinajstić information content (AvgIpc) is 2.33. The number of hydrogen-bond donors (Lipinski definition) is 3. The highest BCUT2D eigenvalue weighted by Gasteiger charge is 2.40. The lowest BCUT2D eigenvalue weighted by Gasteiger charge is -2.10. The molecule has 4 nitrogen and oxygen atoms in total. The molecule has 1 saturated heterocycles. The zero-order valence-electron chi connectivity index (χ0n) is 6.92. The van der Waals surface area contributed by atoms with E-state index in [1.807, 2.05) is 0 Å². The summed E-state index contributed by atoms with van der Waals surface area (Å²) >= 11 is 0. The van der Waals surface area contributed by atoms with Gasteiger partial charge in [0.2, 0.25) is 0 Å². The predicted octanol–water partition coefficient (Wildman–Crippen LogP) is -0.956. The third-order valence-electron chi connectivity index (χ3n) is 1.96. The van der Waals surface area contributed by atoms with E-state index >= 15 is 0 Å². The van der Waals surface area contributed by atoms with Gasteiger partial charge in [0.05, 0.1) is 6.61 Å². The summed E-state index contributed by atoms with van der Waals surface area (Å²) in [7, 11) is 0. The fraction of sp³-hybridized carbons (Fsp3) is 0.750. The summed E-state index contributed by atoms with van der Waals surface area (Å²) in [5.41, 5.74) is 0. The number of allylic oxidation sites excluding steroid dienone is 1. The van der Waals surface area contributed by atoms with Gasteiger partial charge in [-0.05, 0) is 6.92 Å². The Kier molecular flexibility index (Phi) is 3.22. The van der Waals surface area contributed by atoms with Gasteiger partial charge in [-0.2, -0.15) is 0 Å². The van der Waals surface area contributed by atoms with Gasteiger partial charge in [-0.15, -0.1) is 0 Å². The molecule has 0 bridgehead atoms. The van der Waals surface area contributed by atoms with Gasteiger partial charge in [0, 0.05) is 0 Å². The monoisotopic (exact) mass is 174 g/mol. The van der Waals surface area contributed by atoms with Gasteiger partial charge in [-0.25, -0.2) is 0 Å². The average molecular weight is 174 g/mol. The number of aliphatic hydroxyl groups is 3. The minimum Gasteiger partial charge on any atom is -0.394 e. The smallest absolute Gasteiger partial charge is 0.112 e. The number of ether oxygens (including phenoxy) is 1. The van der Waals surface area contributed by atoms with Gasteiger partial charge in [0.1, 0.15) is 24.4 Å². The summed E-state index contributed by atoms with van der Waals surface area (Å²) in [6.07, 6.45) is 0.307. The van der Waals surface area contributed by atoms with E-state index < -0.39 is 24.4 Å². The van der Waals surface area contributed by atoms with E-state index in [2.05, 4.69) is 0 Å². The third kappa shape index (κ3) is 1.67. The molecule has 0 aromatic rings. The van der Waals surface area contributed by atoms with Crippen LogP contribution in [-0.4, -0.2) is 46.3 Å². The van der Waals surface area contributed by atoms with Crippen molar-refractivity contribution in [2.24, 2.45) is 0 Å². The van der Waals surface area contributed by atoms with Crippen LogP contribution in [0.25, 0.3) is 0 Å². The van der Waals surface area contributed by atoms with Crippen LogP contribution in [-0.2, 0) is 4.74 Å². The van der Waals surface area contributed by atoms with Crippen LogP contribution in [0.2, 0.25) is 0 Å². The van der Waals surface area contributed by atoms with Crippen LogP contribution in [0.4, 0.5) is 0 Å². The fourth-order valence-corrected chi connectivity index (χ4v) is 1.28. The van der Waals surface area contributed by atoms with Gasteiger partial charge in [0.25, 0.3) is 0 Å². The molecule has 1 unspecified atom stereocenters. The molecule has 12 heavy (non-hydrogen) atoms. The van der Waals surface area contributed by atoms with Crippen LogP contribution in [0.1, 0.15) is 6.92 Å². The van der Waals surface area contributed by atoms with E-state index in [0.717, 1.165) is 0 Å². The van der Waals surface area contributed by atoms with Gasteiger partial charge >= 0.3 is 0 Å². The normalized spacial score (nSPS) is 42.7. The van der Waals surface area contributed by atoms with Crippen molar-refractivity contribution in [1.29, 1.82) is 0 Å². The summed E-state index contributed by atoms with van der Waals surface area (Å²) in [6, 6.07) is 0. The first-order valence-corrected chi connectivity index (χ1v) is 3.96. The summed E-state index contributed by atoms with van der Waals surface area (Å²) in [6.45, 7) is 1.53. The van der Waals surface area contributed by atoms with E-state index in [-0.39, 0.29) is 6.61 Å². The Hall–Kier alpha value is -0.420. The number of hydrogen-bond acceptors (Lipinski definition) is 4. The second-order valence-electron chi connectivity index (χ2n) is 2.83. The molecule has 1 fully saturated rings. The molecule has 4 heteroatoms. The highest BCUT2D eigenvalue weighted by molar-refractivity contribution is 5.00. The van der Waals surface area contributed by atoms with E-state index in [1.165, 1.54) is 0 Å². The van der Waals surface area contributed by atoms with Gasteiger partial charge in [0.15, 0.2) is 0 Å². The Balaban J connectivity index is 2.60. The Labute approximate surface area is 71.1 Å². The first kappa shape index (κ1) is 9.67. The van der Waals surface area contributed by atoms with E-state index in [1.54, 1.807) is 19.1 Å². The SMILES string of the molecule is CC=CC1O[C@H](CO)[C@@H](O)[C@@H]1O. The Bertz CT molecular complexity index is 168. The van der Waals surface area contributed by atoms with Crippen LogP contribution >= 0.6 is 0 Å². The van der Waals surface area contributed by atoms with Crippen molar-refractivity contribution in [3.8, 4) is 0 Å². The summed E-state index contributed by atoms with van der Waals surface area (Å²) < 4.78 is 5.14. The van der Waals surface area contributed by atoms with Crippen molar-refractivity contribution < 1.29 is 20.1 Å². The summed E-state index contributed by atoms with van der Waals surface area (Å²) in [4.78, 5) is 0. The standard InChI is InChI=1S/C8H14O4/c1-2-3-5-7(10)8(11)6(4-9)12-5/h2-3,5-11H,4H2,1H3/t5?,6-,7-,8-/m1/s1. The number of rotatable bonds is 2. The van der Waals surface area contributed by atoms with E-state index in [9.17, 15) is 10.2 Å². The topological polar surface area (TPSA) is 69.9 Å². The molecule has 0 aliphatic carbocycles. The molecule has 0 spiro atoms. The third-order valence-corrected chi connectivity index (χ3v) is 1.96. The molecule has 1 aliphatic rings. The van der Waals surface area contributed by atoms with Crippen molar-refractivity contribution in [3.63, 3.8) is 0 Å². The summed E-state index contributed by atoms with van der Waals surface area (Å²) in [5, 5.41) is 27.4. The molecule has 4 atom stereocenters. The Morgan fingerprint density at radius 2 is 2.00 bits per heavy atom. The van der Waals surface area contributed by atoms with Gasteiger partial charge in [-0.1, -0.05) is 12.2 Å². The zero-order chi connectivity index (χ0) is 9.14. The molecular formula is C8H14O4. The molecule has 0 amide bonds. The van der Waals surface area contributed by atoms with Crippen LogP contribution in [0.3, 0.4) is 0 Å². The second-order valence-corrected chi connectivity index (χ2v) is 2.83. The van der Waals surface area contributed by atoms with Crippen molar-refractivity contribution in [2.45, 2.75) is 31.3 Å². The van der Waals surface area contributed by atoms with Crippen molar-refractivity contribution >= 4 is 0 Å². The Morgan fingerprint density at radius 3 is 2.42 bits per heavy atom. The highest BCUT2D eigenvalue weighted by atomic mass is 16.6. The van der Waals surface area contributed by atoms with Crippen LogP contribution < -0.4 is 0 Å². The molecule has 70 valence electrons. The Morgan fingerprint density at radius 1 is 1.33 bits per heavy atom. The van der Waals surface area contributed by atoms with Gasteiger partial charge < -0.3 is 20.1 Å². The minimum absolute atomic E-state index is 0.272. The molecular weight excluding hydrogens is 160 g/mol. The lowest BCUT2D eigenvalue weighted by atomic mass is 10.1. The largest absolute Gasteiger partial charge is 0.394 e. The minimum atomic E-state index is -0.990.